The van der Waals surface area contributed by atoms with Crippen molar-refractivity contribution in [1.82, 2.24) is 10.2 Å². The second kappa shape index (κ2) is 8.02. The Morgan fingerprint density at radius 1 is 1.40 bits per heavy atom. The molecular formula is C16H24N2O2. The molecule has 0 radical (unpaired) electrons. The number of ether oxygens (including phenoxy) is 1. The number of nitrogens with one attached hydrogen (secondary N) is 1. The molecule has 0 aromatic heterocycles. The summed E-state index contributed by atoms with van der Waals surface area (Å²) in [6, 6.07) is 10.1. The molecule has 0 aliphatic carbocycles. The quantitative estimate of drug-likeness (QED) is 0.859. The van der Waals surface area contributed by atoms with Crippen LogP contribution in [0, 0.1) is 5.92 Å². The number of amides is 1. The van der Waals surface area contributed by atoms with Crippen LogP contribution >= 0.6 is 0 Å². The number of methoxy groups -OCH3 is 1. The largest absolute Gasteiger partial charge is 0.383 e. The lowest BCUT2D eigenvalue weighted by Crippen LogP contribution is -2.43. The number of carbonyl (C=O) groups excluding carboxylic acids is 1. The molecule has 4 heteroatoms. The van der Waals surface area contributed by atoms with E-state index in [1.54, 1.807) is 7.11 Å². The first-order chi connectivity index (χ1) is 9.81. The number of carbonyl (C=O) groups is 1. The van der Waals surface area contributed by atoms with Gasteiger partial charge in [0, 0.05) is 26.7 Å². The summed E-state index contributed by atoms with van der Waals surface area (Å²) in [5.74, 6) is 0.363. The van der Waals surface area contributed by atoms with E-state index >= 15 is 0 Å². The van der Waals surface area contributed by atoms with E-state index < -0.39 is 0 Å². The Morgan fingerprint density at radius 3 is 2.85 bits per heavy atom. The molecule has 110 valence electrons. The zero-order valence-electron chi connectivity index (χ0n) is 12.2. The molecule has 1 aliphatic rings. The van der Waals surface area contributed by atoms with Gasteiger partial charge in [0.1, 0.15) is 0 Å². The van der Waals surface area contributed by atoms with Gasteiger partial charge in [0.15, 0.2) is 0 Å². The molecule has 20 heavy (non-hydrogen) atoms. The minimum absolute atomic E-state index is 0.115. The number of rotatable bonds is 6. The Morgan fingerprint density at radius 2 is 2.20 bits per heavy atom. The predicted molar refractivity (Wildman–Crippen MR) is 79.3 cm³/mol. The van der Waals surface area contributed by atoms with Gasteiger partial charge in [0.05, 0.1) is 12.5 Å². The first kappa shape index (κ1) is 15.0. The van der Waals surface area contributed by atoms with Gasteiger partial charge in [-0.25, -0.2) is 0 Å². The van der Waals surface area contributed by atoms with E-state index in [1.807, 2.05) is 23.1 Å². The standard InChI is InChI=1S/C16H24N2O2/c1-20-11-10-18(13-14-6-3-2-4-7-14)16(19)15-8-5-9-17-12-15/h2-4,6-7,15,17H,5,8-13H2,1H3/t15-/m0/s1. The van der Waals surface area contributed by atoms with E-state index in [0.29, 0.717) is 19.7 Å². The van der Waals surface area contributed by atoms with Crippen LogP contribution in [0.5, 0.6) is 0 Å². The fourth-order valence-electron chi connectivity index (χ4n) is 2.59. The second-order valence-corrected chi connectivity index (χ2v) is 5.28. The molecule has 1 amide bonds. The van der Waals surface area contributed by atoms with Crippen LogP contribution < -0.4 is 5.32 Å². The fourth-order valence-corrected chi connectivity index (χ4v) is 2.59. The molecule has 1 aliphatic heterocycles. The summed E-state index contributed by atoms with van der Waals surface area (Å²) >= 11 is 0. The molecule has 1 aromatic rings. The van der Waals surface area contributed by atoms with Crippen LogP contribution in [0.3, 0.4) is 0 Å². The summed E-state index contributed by atoms with van der Waals surface area (Å²) in [5.41, 5.74) is 1.17. The minimum atomic E-state index is 0.115. The Kier molecular flexibility index (Phi) is 6.02. The third-order valence-corrected chi connectivity index (χ3v) is 3.74. The van der Waals surface area contributed by atoms with Crippen molar-refractivity contribution in [3.05, 3.63) is 35.9 Å². The lowest BCUT2D eigenvalue weighted by Gasteiger charge is -2.29. The Bertz CT molecular complexity index is 402. The zero-order valence-corrected chi connectivity index (χ0v) is 12.2. The van der Waals surface area contributed by atoms with E-state index in [9.17, 15) is 4.79 Å². The summed E-state index contributed by atoms with van der Waals surface area (Å²) < 4.78 is 5.14. The van der Waals surface area contributed by atoms with Crippen LogP contribution in [0.1, 0.15) is 18.4 Å². The van der Waals surface area contributed by atoms with Crippen LogP contribution in [-0.2, 0) is 16.1 Å². The average Bonchev–Trinajstić information content (AvgIpc) is 2.52. The molecule has 0 unspecified atom stereocenters. The summed E-state index contributed by atoms with van der Waals surface area (Å²) in [6.07, 6.45) is 2.07. The second-order valence-electron chi connectivity index (χ2n) is 5.28. The van der Waals surface area contributed by atoms with Gasteiger partial charge in [-0.2, -0.15) is 0 Å². The van der Waals surface area contributed by atoms with Crippen molar-refractivity contribution >= 4 is 5.91 Å². The number of piperidine rings is 1. The van der Waals surface area contributed by atoms with Gasteiger partial charge in [0.2, 0.25) is 5.91 Å². The van der Waals surface area contributed by atoms with Crippen molar-refractivity contribution < 1.29 is 9.53 Å². The number of hydrogen-bond acceptors (Lipinski definition) is 3. The first-order valence-electron chi connectivity index (χ1n) is 7.33. The lowest BCUT2D eigenvalue weighted by atomic mass is 9.98. The Balaban J connectivity index is 2.00. The monoisotopic (exact) mass is 276 g/mol. The predicted octanol–water partition coefficient (Wildman–Crippen LogP) is 1.66. The van der Waals surface area contributed by atoms with Gasteiger partial charge in [0.25, 0.3) is 0 Å². The first-order valence-corrected chi connectivity index (χ1v) is 7.33. The van der Waals surface area contributed by atoms with Crippen LogP contribution in [0.25, 0.3) is 0 Å². The maximum Gasteiger partial charge on any atom is 0.227 e. The van der Waals surface area contributed by atoms with Gasteiger partial charge in [-0.15, -0.1) is 0 Å². The van der Waals surface area contributed by atoms with Gasteiger partial charge in [-0.05, 0) is 24.9 Å². The van der Waals surface area contributed by atoms with Gasteiger partial charge >= 0.3 is 0 Å². The summed E-state index contributed by atoms with van der Waals surface area (Å²) in [5, 5.41) is 3.31. The molecular weight excluding hydrogens is 252 g/mol. The van der Waals surface area contributed by atoms with Crippen molar-refractivity contribution in [3.63, 3.8) is 0 Å². The summed E-state index contributed by atoms with van der Waals surface area (Å²) in [4.78, 5) is 14.6. The summed E-state index contributed by atoms with van der Waals surface area (Å²) in [6.45, 7) is 3.73. The molecule has 1 heterocycles. The minimum Gasteiger partial charge on any atom is -0.383 e. The van der Waals surface area contributed by atoms with Crippen molar-refractivity contribution in [3.8, 4) is 0 Å². The van der Waals surface area contributed by atoms with Crippen LogP contribution in [-0.4, -0.2) is 44.2 Å². The van der Waals surface area contributed by atoms with E-state index in [2.05, 4.69) is 17.4 Å². The van der Waals surface area contributed by atoms with Crippen molar-refractivity contribution in [2.75, 3.05) is 33.4 Å². The highest BCUT2D eigenvalue weighted by atomic mass is 16.5. The van der Waals surface area contributed by atoms with Crippen LogP contribution in [0.2, 0.25) is 0 Å². The highest BCUT2D eigenvalue weighted by Crippen LogP contribution is 2.15. The van der Waals surface area contributed by atoms with E-state index in [-0.39, 0.29) is 11.8 Å². The SMILES string of the molecule is COCCN(Cc1ccccc1)C(=O)[C@H]1CCCNC1. The topological polar surface area (TPSA) is 41.6 Å². The normalized spacial score (nSPS) is 18.8. The molecule has 1 aromatic carbocycles. The molecule has 1 atom stereocenters. The van der Waals surface area contributed by atoms with Gasteiger partial charge < -0.3 is 15.0 Å². The third-order valence-electron chi connectivity index (χ3n) is 3.74. The Hall–Kier alpha value is -1.39. The molecule has 1 N–H and O–H groups in total. The van der Waals surface area contributed by atoms with E-state index in [0.717, 1.165) is 25.9 Å². The van der Waals surface area contributed by atoms with Gasteiger partial charge in [-0.3, -0.25) is 4.79 Å². The zero-order chi connectivity index (χ0) is 14.2. The number of benzene rings is 1. The van der Waals surface area contributed by atoms with Crippen molar-refractivity contribution in [1.29, 1.82) is 0 Å². The van der Waals surface area contributed by atoms with Crippen molar-refractivity contribution in [2.45, 2.75) is 19.4 Å². The highest BCUT2D eigenvalue weighted by molar-refractivity contribution is 5.79. The average molecular weight is 276 g/mol. The van der Waals surface area contributed by atoms with Crippen LogP contribution in [0.4, 0.5) is 0 Å². The third kappa shape index (κ3) is 4.32. The molecule has 2 rings (SSSR count). The van der Waals surface area contributed by atoms with Gasteiger partial charge in [-0.1, -0.05) is 30.3 Å². The Labute approximate surface area is 121 Å². The van der Waals surface area contributed by atoms with E-state index in [4.69, 9.17) is 4.74 Å². The molecule has 0 spiro atoms. The maximum absolute atomic E-state index is 12.6. The van der Waals surface area contributed by atoms with Crippen molar-refractivity contribution in [2.24, 2.45) is 5.92 Å². The molecule has 1 fully saturated rings. The van der Waals surface area contributed by atoms with E-state index in [1.165, 1.54) is 5.56 Å². The highest BCUT2D eigenvalue weighted by Gasteiger charge is 2.25. The maximum atomic E-state index is 12.6. The lowest BCUT2D eigenvalue weighted by molar-refractivity contribution is -0.137. The molecule has 0 bridgehead atoms. The number of nitrogens with zero attached hydrogens (tertiary/aromatic N) is 1. The summed E-state index contributed by atoms with van der Waals surface area (Å²) in [7, 11) is 1.67. The van der Waals surface area contributed by atoms with Crippen LogP contribution in [0.15, 0.2) is 30.3 Å². The fraction of sp³-hybridized carbons (Fsp3) is 0.562. The molecule has 1 saturated heterocycles. The molecule has 0 saturated carbocycles. The number of hydrogen-bond donors (Lipinski definition) is 1. The smallest absolute Gasteiger partial charge is 0.227 e. The molecule has 4 nitrogen and oxygen atoms in total.